The minimum atomic E-state index is 0.0137. The molecule has 2 aromatic rings. The van der Waals surface area contributed by atoms with Gasteiger partial charge in [0.15, 0.2) is 0 Å². The average molecular weight is 304 g/mol. The fourth-order valence-corrected chi connectivity index (χ4v) is 3.70. The summed E-state index contributed by atoms with van der Waals surface area (Å²) >= 11 is 1.32. The predicted molar refractivity (Wildman–Crippen MR) is 86.1 cm³/mol. The van der Waals surface area contributed by atoms with Crippen LogP contribution in [0.15, 0.2) is 29.1 Å². The quantitative estimate of drug-likeness (QED) is 0.944. The first-order chi connectivity index (χ1) is 10.3. The lowest BCUT2D eigenvalue weighted by molar-refractivity contribution is 0.223. The van der Waals surface area contributed by atoms with Gasteiger partial charge in [0.2, 0.25) is 0 Å². The molecule has 0 bridgehead atoms. The minimum Gasteiger partial charge on any atom is -0.497 e. The minimum absolute atomic E-state index is 0.0137. The van der Waals surface area contributed by atoms with E-state index in [1.165, 1.54) is 30.6 Å². The number of piperidine rings is 1. The van der Waals surface area contributed by atoms with Crippen LogP contribution in [-0.4, -0.2) is 30.1 Å². The van der Waals surface area contributed by atoms with E-state index >= 15 is 0 Å². The van der Waals surface area contributed by atoms with E-state index in [-0.39, 0.29) is 4.87 Å². The molecule has 1 aliphatic heterocycles. The Hall–Kier alpha value is -1.59. The van der Waals surface area contributed by atoms with Crippen LogP contribution in [0.1, 0.15) is 24.1 Å². The Morgan fingerprint density at radius 1 is 1.29 bits per heavy atom. The van der Waals surface area contributed by atoms with E-state index in [1.807, 2.05) is 24.3 Å². The number of ether oxygens (including phenoxy) is 1. The lowest BCUT2D eigenvalue weighted by Gasteiger charge is -2.26. The highest BCUT2D eigenvalue weighted by Gasteiger charge is 2.16. The Morgan fingerprint density at radius 2 is 2.10 bits per heavy atom. The molecule has 0 spiro atoms. The van der Waals surface area contributed by atoms with Gasteiger partial charge in [-0.05, 0) is 38.1 Å². The highest BCUT2D eigenvalue weighted by molar-refractivity contribution is 7.09. The molecule has 1 aromatic carbocycles. The molecule has 0 aliphatic carbocycles. The molecule has 4 nitrogen and oxygen atoms in total. The summed E-state index contributed by atoms with van der Waals surface area (Å²) in [5.41, 5.74) is 1.95. The number of hydrogen-bond donors (Lipinski definition) is 1. The fourth-order valence-electron chi connectivity index (χ4n) is 2.80. The standard InChI is InChI=1S/C16H20N2O2S/c1-20-13-7-5-6-12(10-13)15-14(21-16(19)17-15)11-18-8-3-2-4-9-18/h5-7,10H,2-4,8-9,11H2,1H3,(H,17,19). The van der Waals surface area contributed by atoms with Gasteiger partial charge >= 0.3 is 4.87 Å². The summed E-state index contributed by atoms with van der Waals surface area (Å²) in [6.45, 7) is 3.11. The van der Waals surface area contributed by atoms with E-state index in [2.05, 4.69) is 9.88 Å². The van der Waals surface area contributed by atoms with Crippen LogP contribution < -0.4 is 9.61 Å². The maximum Gasteiger partial charge on any atom is 0.305 e. The van der Waals surface area contributed by atoms with Gasteiger partial charge in [0.1, 0.15) is 5.75 Å². The van der Waals surface area contributed by atoms with Crippen LogP contribution in [0.3, 0.4) is 0 Å². The van der Waals surface area contributed by atoms with Crippen molar-refractivity contribution in [2.45, 2.75) is 25.8 Å². The smallest absolute Gasteiger partial charge is 0.305 e. The first-order valence-corrected chi connectivity index (χ1v) is 8.16. The largest absolute Gasteiger partial charge is 0.497 e. The van der Waals surface area contributed by atoms with Crippen molar-refractivity contribution >= 4 is 11.3 Å². The third kappa shape index (κ3) is 3.36. The molecule has 112 valence electrons. The van der Waals surface area contributed by atoms with E-state index in [0.717, 1.165) is 41.5 Å². The zero-order valence-electron chi connectivity index (χ0n) is 12.2. The van der Waals surface area contributed by atoms with Crippen LogP contribution >= 0.6 is 11.3 Å². The molecular weight excluding hydrogens is 284 g/mol. The summed E-state index contributed by atoms with van der Waals surface area (Å²) in [5.74, 6) is 0.809. The van der Waals surface area contributed by atoms with Gasteiger partial charge in [-0.15, -0.1) is 0 Å². The molecule has 0 saturated carbocycles. The second kappa shape index (κ2) is 6.45. The topological polar surface area (TPSA) is 45.3 Å². The molecule has 1 aliphatic rings. The normalized spacial score (nSPS) is 16.0. The number of aromatic nitrogens is 1. The first kappa shape index (κ1) is 14.4. The molecule has 1 fully saturated rings. The van der Waals surface area contributed by atoms with E-state index < -0.39 is 0 Å². The number of methoxy groups -OCH3 is 1. The highest BCUT2D eigenvalue weighted by atomic mass is 32.1. The first-order valence-electron chi connectivity index (χ1n) is 7.35. The second-order valence-electron chi connectivity index (χ2n) is 5.38. The van der Waals surface area contributed by atoms with E-state index in [0.29, 0.717) is 0 Å². The number of thiazole rings is 1. The van der Waals surface area contributed by atoms with Crippen molar-refractivity contribution in [2.24, 2.45) is 0 Å². The monoisotopic (exact) mass is 304 g/mol. The van der Waals surface area contributed by atoms with Gasteiger partial charge in [-0.3, -0.25) is 9.69 Å². The van der Waals surface area contributed by atoms with E-state index in [9.17, 15) is 4.79 Å². The molecule has 2 heterocycles. The molecule has 0 unspecified atom stereocenters. The maximum atomic E-state index is 11.8. The average Bonchev–Trinajstić information content (AvgIpc) is 2.89. The Kier molecular flexibility index (Phi) is 4.41. The third-order valence-corrected chi connectivity index (χ3v) is 4.76. The lowest BCUT2D eigenvalue weighted by Crippen LogP contribution is -2.28. The number of likely N-dealkylation sites (tertiary alicyclic amines) is 1. The van der Waals surface area contributed by atoms with Crippen molar-refractivity contribution in [1.82, 2.24) is 9.88 Å². The van der Waals surface area contributed by atoms with Gasteiger partial charge in [-0.1, -0.05) is 29.9 Å². The fraction of sp³-hybridized carbons (Fsp3) is 0.438. The van der Waals surface area contributed by atoms with Gasteiger partial charge in [0.05, 0.1) is 12.8 Å². The zero-order chi connectivity index (χ0) is 14.7. The van der Waals surface area contributed by atoms with Crippen LogP contribution in [-0.2, 0) is 6.54 Å². The van der Waals surface area contributed by atoms with Crippen LogP contribution in [0, 0.1) is 0 Å². The Balaban J connectivity index is 1.89. The van der Waals surface area contributed by atoms with Crippen molar-refractivity contribution in [2.75, 3.05) is 20.2 Å². The molecule has 1 N–H and O–H groups in total. The van der Waals surface area contributed by atoms with Gasteiger partial charge < -0.3 is 9.72 Å². The molecule has 1 aromatic heterocycles. The van der Waals surface area contributed by atoms with Gasteiger partial charge in [-0.25, -0.2) is 0 Å². The van der Waals surface area contributed by atoms with Gasteiger partial charge in [0.25, 0.3) is 0 Å². The Labute approximate surface area is 128 Å². The molecule has 21 heavy (non-hydrogen) atoms. The second-order valence-corrected chi connectivity index (χ2v) is 6.45. The molecular formula is C16H20N2O2S. The number of H-pyrrole nitrogens is 1. The number of aromatic amines is 1. The summed E-state index contributed by atoms with van der Waals surface area (Å²) < 4.78 is 5.27. The van der Waals surface area contributed by atoms with Crippen molar-refractivity contribution < 1.29 is 4.74 Å². The van der Waals surface area contributed by atoms with E-state index in [4.69, 9.17) is 4.74 Å². The van der Waals surface area contributed by atoms with Crippen molar-refractivity contribution in [3.8, 4) is 17.0 Å². The van der Waals surface area contributed by atoms with Gasteiger partial charge in [0, 0.05) is 17.0 Å². The summed E-state index contributed by atoms with van der Waals surface area (Å²) in [6.07, 6.45) is 3.84. The van der Waals surface area contributed by atoms with Crippen LogP contribution in [0.25, 0.3) is 11.3 Å². The number of benzene rings is 1. The van der Waals surface area contributed by atoms with Crippen LogP contribution in [0.5, 0.6) is 5.75 Å². The Morgan fingerprint density at radius 3 is 2.86 bits per heavy atom. The number of nitrogens with zero attached hydrogens (tertiary/aromatic N) is 1. The SMILES string of the molecule is COc1cccc(-c2[nH]c(=O)sc2CN2CCCCC2)c1. The number of rotatable bonds is 4. The molecule has 5 heteroatoms. The highest BCUT2D eigenvalue weighted by Crippen LogP contribution is 2.28. The van der Waals surface area contributed by atoms with Crippen molar-refractivity contribution in [3.05, 3.63) is 38.8 Å². The zero-order valence-corrected chi connectivity index (χ0v) is 13.0. The van der Waals surface area contributed by atoms with Crippen molar-refractivity contribution in [3.63, 3.8) is 0 Å². The van der Waals surface area contributed by atoms with Gasteiger partial charge in [-0.2, -0.15) is 0 Å². The maximum absolute atomic E-state index is 11.8. The number of hydrogen-bond acceptors (Lipinski definition) is 4. The van der Waals surface area contributed by atoms with E-state index in [1.54, 1.807) is 7.11 Å². The predicted octanol–water partition coefficient (Wildman–Crippen LogP) is 3.10. The molecule has 0 atom stereocenters. The summed E-state index contributed by atoms with van der Waals surface area (Å²) in [4.78, 5) is 18.3. The molecule has 3 rings (SSSR count). The number of nitrogens with one attached hydrogen (secondary N) is 1. The molecule has 0 amide bonds. The molecule has 1 saturated heterocycles. The summed E-state index contributed by atoms with van der Waals surface area (Å²) in [7, 11) is 1.66. The van der Waals surface area contributed by atoms with Crippen molar-refractivity contribution in [1.29, 1.82) is 0 Å². The molecule has 0 radical (unpaired) electrons. The van der Waals surface area contributed by atoms with Crippen LogP contribution in [0.4, 0.5) is 0 Å². The van der Waals surface area contributed by atoms with Crippen LogP contribution in [0.2, 0.25) is 0 Å². The Bertz CT molecular complexity index is 656. The lowest BCUT2D eigenvalue weighted by atomic mass is 10.1. The summed E-state index contributed by atoms with van der Waals surface area (Å²) in [5, 5.41) is 0. The third-order valence-electron chi connectivity index (χ3n) is 3.90. The summed E-state index contributed by atoms with van der Waals surface area (Å²) in [6, 6.07) is 7.85.